The van der Waals surface area contributed by atoms with E-state index in [0.717, 1.165) is 57.1 Å². The van der Waals surface area contributed by atoms with Crippen molar-refractivity contribution in [3.63, 3.8) is 0 Å². The second-order valence-electron chi connectivity index (χ2n) is 8.08. The lowest BCUT2D eigenvalue weighted by Crippen LogP contribution is -2.38. The second-order valence-corrected chi connectivity index (χ2v) is 8.08. The molecule has 1 saturated heterocycles. The zero-order valence-electron chi connectivity index (χ0n) is 21.1. The fourth-order valence-electron chi connectivity index (χ4n) is 3.13. The van der Waals surface area contributed by atoms with E-state index in [-0.39, 0.29) is 1.43 Å². The average Bonchev–Trinajstić information content (AvgIpc) is 2.80. The van der Waals surface area contributed by atoms with Crippen molar-refractivity contribution in [2.75, 3.05) is 63.7 Å². The summed E-state index contributed by atoms with van der Waals surface area (Å²) < 4.78 is 11.1. The molecule has 0 bridgehead atoms. The number of aryl methyl sites for hydroxylation is 1. The number of ether oxygens (including phenoxy) is 2. The van der Waals surface area contributed by atoms with Gasteiger partial charge in [0.1, 0.15) is 12.4 Å². The summed E-state index contributed by atoms with van der Waals surface area (Å²) in [6.45, 7) is 14.5. The Morgan fingerprint density at radius 1 is 1.21 bits per heavy atom. The molecule has 7 nitrogen and oxygen atoms in total. The van der Waals surface area contributed by atoms with E-state index in [0.29, 0.717) is 18.3 Å². The maximum atomic E-state index is 6.92. The molecule has 1 aliphatic rings. The van der Waals surface area contributed by atoms with E-state index in [1.54, 1.807) is 0 Å². The molecule has 1 fully saturated rings. The molecule has 2 aromatic rings. The molecule has 3 rings (SSSR count). The van der Waals surface area contributed by atoms with Gasteiger partial charge in [-0.2, -0.15) is 4.98 Å². The van der Waals surface area contributed by atoms with Crippen LogP contribution in [-0.4, -0.2) is 69.1 Å². The number of hydrogen-bond donors (Lipinski definition) is 2. The highest BCUT2D eigenvalue weighted by Gasteiger charge is 2.11. The van der Waals surface area contributed by atoms with Crippen LogP contribution >= 0.6 is 0 Å². The summed E-state index contributed by atoms with van der Waals surface area (Å²) >= 11 is 0. The second kappa shape index (κ2) is 16.9. The van der Waals surface area contributed by atoms with Gasteiger partial charge in [-0.1, -0.05) is 57.0 Å². The normalized spacial score (nSPS) is 13.1. The van der Waals surface area contributed by atoms with Gasteiger partial charge in [0.25, 0.3) is 0 Å². The van der Waals surface area contributed by atoms with E-state index in [2.05, 4.69) is 42.6 Å². The van der Waals surface area contributed by atoms with Gasteiger partial charge >= 0.3 is 0 Å². The Kier molecular flexibility index (Phi) is 14.6. The quantitative estimate of drug-likeness (QED) is 0.547. The number of aromatic nitrogens is 1. The maximum Gasteiger partial charge on any atom is 0.217 e. The zero-order chi connectivity index (χ0) is 24.5. The van der Waals surface area contributed by atoms with Crippen LogP contribution in [0.2, 0.25) is 0 Å². The minimum Gasteiger partial charge on any atom is -0.476 e. The molecular weight excluding hydrogens is 414 g/mol. The standard InChI is InChI=1S/C15H26N4O2.C8H9N.C3H8.H2/c1-3-4-18(2)13-11-14(16)17-15(12-13)21-10-7-19-5-8-20-9-6-19;1-7-3-2-4-8(5-7)6-9;1-3-2;/h11-12H,3-10H2,1-2H3,(H2,16,17);2-6,9H,1H3;3H2,1-2H3;1H. The van der Waals surface area contributed by atoms with Crippen molar-refractivity contribution in [1.82, 2.24) is 9.88 Å². The van der Waals surface area contributed by atoms with Crippen LogP contribution in [0.25, 0.3) is 0 Å². The number of anilines is 2. The van der Waals surface area contributed by atoms with Gasteiger partial charge in [0, 0.05) is 58.7 Å². The van der Waals surface area contributed by atoms with Crippen molar-refractivity contribution in [3.05, 3.63) is 47.5 Å². The molecular formula is C26H45N5O2. The minimum absolute atomic E-state index is 0. The Hall–Kier alpha value is -2.64. The van der Waals surface area contributed by atoms with Gasteiger partial charge in [-0.15, -0.1) is 0 Å². The molecule has 1 aliphatic heterocycles. The Labute approximate surface area is 201 Å². The lowest BCUT2D eigenvalue weighted by Gasteiger charge is -2.26. The molecule has 0 radical (unpaired) electrons. The van der Waals surface area contributed by atoms with E-state index in [4.69, 9.17) is 20.6 Å². The Morgan fingerprint density at radius 3 is 2.48 bits per heavy atom. The summed E-state index contributed by atoms with van der Waals surface area (Å²) in [5.41, 5.74) is 9.08. The summed E-state index contributed by atoms with van der Waals surface area (Å²) in [5, 5.41) is 6.92. The molecule has 0 atom stereocenters. The van der Waals surface area contributed by atoms with Crippen molar-refractivity contribution >= 4 is 17.7 Å². The fraction of sp³-hybridized carbons (Fsp3) is 0.538. The van der Waals surface area contributed by atoms with Gasteiger partial charge in [0.2, 0.25) is 5.88 Å². The van der Waals surface area contributed by atoms with Crippen molar-refractivity contribution in [2.24, 2.45) is 0 Å². The van der Waals surface area contributed by atoms with E-state index >= 15 is 0 Å². The summed E-state index contributed by atoms with van der Waals surface area (Å²) in [6, 6.07) is 11.7. The molecule has 1 aromatic carbocycles. The lowest BCUT2D eigenvalue weighted by atomic mass is 10.2. The Bertz CT molecular complexity index is 801. The molecule has 0 unspecified atom stereocenters. The first-order chi connectivity index (χ1) is 15.9. The van der Waals surface area contributed by atoms with Gasteiger partial charge in [-0.3, -0.25) is 4.90 Å². The SMILES string of the molecule is CCC.CCCN(C)c1cc(N)nc(OCCN2CCOCC2)c1.Cc1cccc(C=N)c1.[HH]. The largest absolute Gasteiger partial charge is 0.476 e. The molecule has 0 saturated carbocycles. The molecule has 2 heterocycles. The molecule has 1 aromatic heterocycles. The summed E-state index contributed by atoms with van der Waals surface area (Å²) in [5.74, 6) is 1.10. The van der Waals surface area contributed by atoms with E-state index in [1.165, 1.54) is 18.2 Å². The number of morpholine rings is 1. The average molecular weight is 460 g/mol. The highest BCUT2D eigenvalue weighted by molar-refractivity contribution is 5.76. The number of rotatable bonds is 8. The molecule has 0 aliphatic carbocycles. The van der Waals surface area contributed by atoms with Crippen LogP contribution in [0.4, 0.5) is 11.5 Å². The highest BCUT2D eigenvalue weighted by atomic mass is 16.5. The number of nitrogens with zero attached hydrogens (tertiary/aromatic N) is 3. The first-order valence-electron chi connectivity index (χ1n) is 11.9. The number of pyridine rings is 1. The molecule has 3 N–H and O–H groups in total. The highest BCUT2D eigenvalue weighted by Crippen LogP contribution is 2.21. The number of benzene rings is 1. The summed E-state index contributed by atoms with van der Waals surface area (Å²) in [7, 11) is 2.05. The van der Waals surface area contributed by atoms with E-state index in [9.17, 15) is 0 Å². The van der Waals surface area contributed by atoms with Crippen molar-refractivity contribution in [3.8, 4) is 5.88 Å². The molecule has 0 spiro atoms. The van der Waals surface area contributed by atoms with Crippen LogP contribution in [-0.2, 0) is 4.74 Å². The molecule has 7 heteroatoms. The first-order valence-corrected chi connectivity index (χ1v) is 11.9. The predicted molar refractivity (Wildman–Crippen MR) is 142 cm³/mol. The van der Waals surface area contributed by atoms with Gasteiger partial charge in [0.15, 0.2) is 0 Å². The lowest BCUT2D eigenvalue weighted by molar-refractivity contribution is 0.0320. The third-order valence-electron chi connectivity index (χ3n) is 4.78. The van der Waals surface area contributed by atoms with Crippen LogP contribution < -0.4 is 15.4 Å². The van der Waals surface area contributed by atoms with Crippen LogP contribution in [0.5, 0.6) is 5.88 Å². The number of nitrogens with two attached hydrogens (primary N) is 1. The summed E-state index contributed by atoms with van der Waals surface area (Å²) in [4.78, 5) is 8.74. The van der Waals surface area contributed by atoms with E-state index < -0.39 is 0 Å². The molecule has 33 heavy (non-hydrogen) atoms. The summed E-state index contributed by atoms with van der Waals surface area (Å²) in [6.07, 6.45) is 3.69. The van der Waals surface area contributed by atoms with Crippen LogP contribution in [0.15, 0.2) is 36.4 Å². The molecule has 0 amide bonds. The maximum absolute atomic E-state index is 6.92. The number of nitrogens with one attached hydrogen (secondary N) is 1. The third kappa shape index (κ3) is 12.2. The molecule has 186 valence electrons. The van der Waals surface area contributed by atoms with Crippen molar-refractivity contribution in [2.45, 2.75) is 40.5 Å². The van der Waals surface area contributed by atoms with Gasteiger partial charge in [-0.25, -0.2) is 0 Å². The first kappa shape index (κ1) is 28.4. The minimum atomic E-state index is 0. The zero-order valence-corrected chi connectivity index (χ0v) is 21.1. The van der Waals surface area contributed by atoms with Crippen molar-refractivity contribution in [1.29, 1.82) is 5.41 Å². The Balaban J connectivity index is 0.000000699. The number of nitrogen functional groups attached to an aromatic ring is 1. The number of hydrogen-bond acceptors (Lipinski definition) is 7. The van der Waals surface area contributed by atoms with Gasteiger partial charge < -0.3 is 25.5 Å². The fourth-order valence-corrected chi connectivity index (χ4v) is 3.13. The van der Waals surface area contributed by atoms with Crippen molar-refractivity contribution < 1.29 is 10.9 Å². The smallest absolute Gasteiger partial charge is 0.217 e. The monoisotopic (exact) mass is 459 g/mol. The van der Waals surface area contributed by atoms with E-state index in [1.807, 2.05) is 43.3 Å². The van der Waals surface area contributed by atoms with Gasteiger partial charge in [0.05, 0.1) is 13.2 Å². The van der Waals surface area contributed by atoms with Gasteiger partial charge in [-0.05, 0) is 18.9 Å². The Morgan fingerprint density at radius 2 is 1.91 bits per heavy atom. The van der Waals surface area contributed by atoms with Crippen LogP contribution in [0.1, 0.15) is 46.2 Å². The van der Waals surface area contributed by atoms with Crippen LogP contribution in [0.3, 0.4) is 0 Å². The van der Waals surface area contributed by atoms with Crippen LogP contribution in [0, 0.1) is 12.3 Å². The topological polar surface area (TPSA) is 87.7 Å². The predicted octanol–water partition coefficient (Wildman–Crippen LogP) is 4.88. The third-order valence-corrected chi connectivity index (χ3v) is 4.78.